The van der Waals surface area contributed by atoms with E-state index in [1.54, 1.807) is 23.0 Å². The number of aliphatic hydroxyl groups is 1. The molecule has 0 atom stereocenters. The molecule has 9 heavy (non-hydrogen) atoms. The van der Waals surface area contributed by atoms with Gasteiger partial charge in [-0.05, 0) is 6.08 Å². The van der Waals surface area contributed by atoms with Crippen LogP contribution in [0.4, 0.5) is 0 Å². The minimum Gasteiger partial charge on any atom is -0.376 e. The lowest BCUT2D eigenvalue weighted by molar-refractivity contribution is 0.209. The lowest BCUT2D eigenvalue weighted by Gasteiger charge is -1.95. The molecule has 0 amide bonds. The van der Waals surface area contributed by atoms with Gasteiger partial charge in [0.1, 0.15) is 12.6 Å². The van der Waals surface area contributed by atoms with Crippen LogP contribution in [-0.2, 0) is 6.73 Å². The van der Waals surface area contributed by atoms with Crippen LogP contribution in [0.25, 0.3) is 6.08 Å². The fourth-order valence-electron chi connectivity index (χ4n) is 0.630. The number of rotatable bonds is 2. The number of nitrogens with zero attached hydrogens (tertiary/aromatic N) is 2. The Morgan fingerprint density at radius 1 is 1.89 bits per heavy atom. The van der Waals surface area contributed by atoms with Crippen LogP contribution in [0, 0.1) is 0 Å². The molecule has 0 saturated heterocycles. The van der Waals surface area contributed by atoms with E-state index in [-0.39, 0.29) is 6.73 Å². The van der Waals surface area contributed by atoms with Crippen LogP contribution in [0.1, 0.15) is 5.82 Å². The maximum atomic E-state index is 8.61. The molecule has 1 heterocycles. The Morgan fingerprint density at radius 2 is 2.67 bits per heavy atom. The van der Waals surface area contributed by atoms with Gasteiger partial charge < -0.3 is 9.67 Å². The fourth-order valence-corrected chi connectivity index (χ4v) is 0.630. The zero-order chi connectivity index (χ0) is 6.69. The molecule has 48 valence electrons. The fraction of sp³-hybridized carbons (Fsp3) is 0.167. The van der Waals surface area contributed by atoms with Crippen LogP contribution in [0.15, 0.2) is 19.0 Å². The SMILES string of the molecule is C=Cc1nccn1CO. The van der Waals surface area contributed by atoms with Crippen LogP contribution in [-0.4, -0.2) is 14.7 Å². The zero-order valence-corrected chi connectivity index (χ0v) is 4.99. The molecule has 0 saturated carbocycles. The number of hydrogen-bond donors (Lipinski definition) is 1. The summed E-state index contributed by atoms with van der Waals surface area (Å²) in [4.78, 5) is 3.89. The van der Waals surface area contributed by atoms with E-state index < -0.39 is 0 Å². The van der Waals surface area contributed by atoms with Gasteiger partial charge in [0, 0.05) is 12.4 Å². The molecule has 3 heteroatoms. The number of aliphatic hydroxyl groups excluding tert-OH is 1. The van der Waals surface area contributed by atoms with Crippen molar-refractivity contribution in [1.82, 2.24) is 9.55 Å². The highest BCUT2D eigenvalue weighted by molar-refractivity contribution is 5.36. The highest BCUT2D eigenvalue weighted by Crippen LogP contribution is 1.95. The van der Waals surface area contributed by atoms with Crippen molar-refractivity contribution in [3.05, 3.63) is 24.8 Å². The molecule has 0 unspecified atom stereocenters. The largest absolute Gasteiger partial charge is 0.376 e. The minimum absolute atomic E-state index is 0.0403. The molecule has 1 rings (SSSR count). The molecule has 1 aromatic heterocycles. The van der Waals surface area contributed by atoms with E-state index in [0.29, 0.717) is 5.82 Å². The summed E-state index contributed by atoms with van der Waals surface area (Å²) in [5.74, 6) is 0.692. The summed E-state index contributed by atoms with van der Waals surface area (Å²) in [5.41, 5.74) is 0. The summed E-state index contributed by atoms with van der Waals surface area (Å²) >= 11 is 0. The first-order chi connectivity index (χ1) is 4.38. The van der Waals surface area contributed by atoms with E-state index in [9.17, 15) is 0 Å². The first-order valence-electron chi connectivity index (χ1n) is 2.63. The normalized spacial score (nSPS) is 9.44. The molecule has 0 aliphatic rings. The molecule has 0 fully saturated rings. The van der Waals surface area contributed by atoms with Gasteiger partial charge in [-0.2, -0.15) is 0 Å². The number of imidazole rings is 1. The maximum Gasteiger partial charge on any atom is 0.133 e. The summed E-state index contributed by atoms with van der Waals surface area (Å²) in [7, 11) is 0. The van der Waals surface area contributed by atoms with Gasteiger partial charge >= 0.3 is 0 Å². The molecule has 0 radical (unpaired) electrons. The van der Waals surface area contributed by atoms with Gasteiger partial charge in [0.15, 0.2) is 0 Å². The standard InChI is InChI=1S/C6H8N2O/c1-2-6-7-3-4-8(6)5-9/h2-4,9H,1,5H2. The van der Waals surface area contributed by atoms with Crippen LogP contribution in [0.5, 0.6) is 0 Å². The second kappa shape index (κ2) is 2.46. The molecule has 1 N–H and O–H groups in total. The van der Waals surface area contributed by atoms with Gasteiger partial charge in [-0.15, -0.1) is 0 Å². The molecule has 0 aromatic carbocycles. The third kappa shape index (κ3) is 1.000. The predicted octanol–water partition coefficient (Wildman–Crippen LogP) is 0.476. The average Bonchev–Trinajstić information content (AvgIpc) is 2.33. The zero-order valence-electron chi connectivity index (χ0n) is 4.99. The Labute approximate surface area is 53.3 Å². The summed E-state index contributed by atoms with van der Waals surface area (Å²) in [6.07, 6.45) is 4.90. The van der Waals surface area contributed by atoms with Gasteiger partial charge in [0.2, 0.25) is 0 Å². The minimum atomic E-state index is -0.0403. The van der Waals surface area contributed by atoms with Gasteiger partial charge in [-0.1, -0.05) is 6.58 Å². The first-order valence-corrected chi connectivity index (χ1v) is 2.63. The van der Waals surface area contributed by atoms with E-state index in [2.05, 4.69) is 11.6 Å². The molecular formula is C6H8N2O. The average molecular weight is 124 g/mol. The maximum absolute atomic E-state index is 8.61. The highest BCUT2D eigenvalue weighted by Gasteiger charge is 1.92. The summed E-state index contributed by atoms with van der Waals surface area (Å²) in [5, 5.41) is 8.61. The third-order valence-electron chi connectivity index (χ3n) is 1.08. The van der Waals surface area contributed by atoms with Gasteiger partial charge in [-0.3, -0.25) is 0 Å². The second-order valence-electron chi connectivity index (χ2n) is 1.60. The van der Waals surface area contributed by atoms with E-state index >= 15 is 0 Å². The van der Waals surface area contributed by atoms with Gasteiger partial charge in [-0.25, -0.2) is 4.98 Å². The molecule has 0 bridgehead atoms. The molecule has 0 aliphatic heterocycles. The van der Waals surface area contributed by atoms with Crippen LogP contribution in [0.3, 0.4) is 0 Å². The van der Waals surface area contributed by atoms with Gasteiger partial charge in [0.05, 0.1) is 0 Å². The Kier molecular flexibility index (Phi) is 1.65. The molecule has 0 aliphatic carbocycles. The van der Waals surface area contributed by atoms with Crippen molar-refractivity contribution in [1.29, 1.82) is 0 Å². The predicted molar refractivity (Wildman–Crippen MR) is 34.5 cm³/mol. The quantitative estimate of drug-likeness (QED) is 0.622. The lowest BCUT2D eigenvalue weighted by Crippen LogP contribution is -1.96. The van der Waals surface area contributed by atoms with Crippen molar-refractivity contribution >= 4 is 6.08 Å². The van der Waals surface area contributed by atoms with Crippen LogP contribution < -0.4 is 0 Å². The van der Waals surface area contributed by atoms with Crippen molar-refractivity contribution in [3.63, 3.8) is 0 Å². The number of hydrogen-bond acceptors (Lipinski definition) is 2. The Morgan fingerprint density at radius 3 is 3.11 bits per heavy atom. The van der Waals surface area contributed by atoms with E-state index in [1.807, 2.05) is 0 Å². The monoisotopic (exact) mass is 124 g/mol. The highest BCUT2D eigenvalue weighted by atomic mass is 16.3. The summed E-state index contributed by atoms with van der Waals surface area (Å²) < 4.78 is 1.59. The van der Waals surface area contributed by atoms with Crippen molar-refractivity contribution in [2.75, 3.05) is 0 Å². The third-order valence-corrected chi connectivity index (χ3v) is 1.08. The first kappa shape index (κ1) is 6.04. The lowest BCUT2D eigenvalue weighted by atomic mass is 10.6. The Bertz CT molecular complexity index is 205. The Balaban J connectivity index is 2.98. The second-order valence-corrected chi connectivity index (χ2v) is 1.60. The van der Waals surface area contributed by atoms with E-state index in [0.717, 1.165) is 0 Å². The number of aromatic nitrogens is 2. The van der Waals surface area contributed by atoms with Crippen molar-refractivity contribution < 1.29 is 5.11 Å². The van der Waals surface area contributed by atoms with Crippen molar-refractivity contribution in [2.45, 2.75) is 6.73 Å². The summed E-state index contributed by atoms with van der Waals surface area (Å²) in [6, 6.07) is 0. The van der Waals surface area contributed by atoms with E-state index in [4.69, 9.17) is 5.11 Å². The molecule has 1 aromatic rings. The van der Waals surface area contributed by atoms with E-state index in [1.165, 1.54) is 0 Å². The van der Waals surface area contributed by atoms with Crippen LogP contribution in [0.2, 0.25) is 0 Å². The van der Waals surface area contributed by atoms with Crippen molar-refractivity contribution in [3.8, 4) is 0 Å². The topological polar surface area (TPSA) is 38.0 Å². The molecular weight excluding hydrogens is 116 g/mol. The van der Waals surface area contributed by atoms with Crippen LogP contribution >= 0.6 is 0 Å². The van der Waals surface area contributed by atoms with Gasteiger partial charge in [0.25, 0.3) is 0 Å². The summed E-state index contributed by atoms with van der Waals surface area (Å²) in [6.45, 7) is 3.48. The van der Waals surface area contributed by atoms with Crippen molar-refractivity contribution in [2.24, 2.45) is 0 Å². The molecule has 0 spiro atoms. The smallest absolute Gasteiger partial charge is 0.133 e. The molecule has 3 nitrogen and oxygen atoms in total. The Hall–Kier alpha value is -1.09.